The molecule has 0 bridgehead atoms. The maximum Gasteiger partial charge on any atom is 0.134 e. The van der Waals surface area contributed by atoms with Gasteiger partial charge in [0.25, 0.3) is 0 Å². The first-order chi connectivity index (χ1) is 8.97. The van der Waals surface area contributed by atoms with Crippen LogP contribution in [0.2, 0.25) is 0 Å². The van der Waals surface area contributed by atoms with Crippen LogP contribution in [0.25, 0.3) is 0 Å². The van der Waals surface area contributed by atoms with E-state index in [0.29, 0.717) is 4.99 Å². The van der Waals surface area contributed by atoms with Gasteiger partial charge < -0.3 is 20.7 Å². The van der Waals surface area contributed by atoms with Gasteiger partial charge >= 0.3 is 0 Å². The number of methoxy groups -OCH3 is 1. The second kappa shape index (κ2) is 7.42. The van der Waals surface area contributed by atoms with E-state index in [4.69, 9.17) is 22.7 Å². The Hall–Kier alpha value is -1.18. The molecule has 0 fully saturated rings. The van der Waals surface area contributed by atoms with Gasteiger partial charge in [-0.1, -0.05) is 12.2 Å². The van der Waals surface area contributed by atoms with Crippen LogP contribution in [-0.4, -0.2) is 60.1 Å². The molecule has 0 saturated carbocycles. The van der Waals surface area contributed by atoms with E-state index >= 15 is 0 Å². The van der Waals surface area contributed by atoms with Crippen molar-refractivity contribution >= 4 is 23.0 Å². The molecule has 0 aliphatic rings. The van der Waals surface area contributed by atoms with Crippen molar-refractivity contribution in [3.05, 3.63) is 11.3 Å². The second-order valence-electron chi connectivity index (χ2n) is 4.52. The minimum absolute atomic E-state index is 0.376. The highest BCUT2D eigenvalue weighted by Crippen LogP contribution is 2.18. The van der Waals surface area contributed by atoms with Gasteiger partial charge in [0.2, 0.25) is 0 Å². The van der Waals surface area contributed by atoms with E-state index in [1.807, 2.05) is 14.0 Å². The number of hydrogen-bond acceptors (Lipinski definition) is 5. The third kappa shape index (κ3) is 4.45. The largest absolute Gasteiger partial charge is 0.389 e. The molecule has 1 rings (SSSR count). The highest BCUT2D eigenvalue weighted by atomic mass is 32.1. The van der Waals surface area contributed by atoms with E-state index in [9.17, 15) is 0 Å². The van der Waals surface area contributed by atoms with Gasteiger partial charge in [-0.3, -0.25) is 4.68 Å². The number of likely N-dealkylation sites (N-methyl/N-ethyl adjacent to an activating group) is 1. The molecule has 0 saturated heterocycles. The average Bonchev–Trinajstić information content (AvgIpc) is 2.61. The maximum atomic E-state index is 5.74. The van der Waals surface area contributed by atoms with E-state index in [-0.39, 0.29) is 0 Å². The molecule has 6 nitrogen and oxygen atoms in total. The van der Waals surface area contributed by atoms with Crippen molar-refractivity contribution in [2.24, 2.45) is 12.8 Å². The Labute approximate surface area is 119 Å². The van der Waals surface area contributed by atoms with Crippen molar-refractivity contribution in [3.63, 3.8) is 0 Å². The number of nitrogens with zero attached hydrogens (tertiary/aromatic N) is 3. The van der Waals surface area contributed by atoms with Gasteiger partial charge in [-0.2, -0.15) is 5.10 Å². The van der Waals surface area contributed by atoms with E-state index in [2.05, 4.69) is 22.4 Å². The molecule has 3 N–H and O–H groups in total. The minimum Gasteiger partial charge on any atom is -0.389 e. The number of anilines is 1. The highest BCUT2D eigenvalue weighted by Gasteiger charge is 2.14. The number of nitrogens with two attached hydrogens (primary N) is 1. The third-order valence-electron chi connectivity index (χ3n) is 2.93. The highest BCUT2D eigenvalue weighted by molar-refractivity contribution is 7.80. The third-order valence-corrected chi connectivity index (χ3v) is 3.14. The summed E-state index contributed by atoms with van der Waals surface area (Å²) in [6.07, 6.45) is 0. The summed E-state index contributed by atoms with van der Waals surface area (Å²) >= 11 is 5.07. The minimum atomic E-state index is 0.376. The van der Waals surface area contributed by atoms with Crippen LogP contribution >= 0.6 is 12.2 Å². The Morgan fingerprint density at radius 3 is 2.79 bits per heavy atom. The SMILES string of the molecule is COCCN(C)CCNc1c(C(N)=S)c(C)nn1C. The van der Waals surface area contributed by atoms with E-state index < -0.39 is 0 Å². The van der Waals surface area contributed by atoms with Crippen molar-refractivity contribution in [1.29, 1.82) is 0 Å². The van der Waals surface area contributed by atoms with Gasteiger partial charge in [0.05, 0.1) is 17.9 Å². The molecular formula is C12H23N5OS. The lowest BCUT2D eigenvalue weighted by Gasteiger charge is -2.17. The number of ether oxygens (including phenoxy) is 1. The smallest absolute Gasteiger partial charge is 0.134 e. The summed E-state index contributed by atoms with van der Waals surface area (Å²) in [6, 6.07) is 0. The van der Waals surface area contributed by atoms with E-state index in [0.717, 1.165) is 43.3 Å². The first-order valence-electron chi connectivity index (χ1n) is 6.22. The summed E-state index contributed by atoms with van der Waals surface area (Å²) in [5.41, 5.74) is 7.42. The number of thiocarbonyl (C=S) groups is 1. The summed E-state index contributed by atoms with van der Waals surface area (Å²) in [5, 5.41) is 7.67. The molecule has 0 aliphatic carbocycles. The van der Waals surface area contributed by atoms with Gasteiger partial charge in [0, 0.05) is 33.8 Å². The lowest BCUT2D eigenvalue weighted by atomic mass is 10.2. The molecule has 108 valence electrons. The zero-order valence-corrected chi connectivity index (χ0v) is 12.9. The van der Waals surface area contributed by atoms with Gasteiger partial charge in [-0.05, 0) is 14.0 Å². The molecule has 0 unspecified atom stereocenters. The van der Waals surface area contributed by atoms with Crippen molar-refractivity contribution in [1.82, 2.24) is 14.7 Å². The Morgan fingerprint density at radius 2 is 2.21 bits per heavy atom. The molecule has 1 heterocycles. The lowest BCUT2D eigenvalue weighted by molar-refractivity contribution is 0.163. The second-order valence-corrected chi connectivity index (χ2v) is 4.96. The number of aromatic nitrogens is 2. The van der Waals surface area contributed by atoms with E-state index in [1.54, 1.807) is 11.8 Å². The zero-order valence-electron chi connectivity index (χ0n) is 12.1. The molecule has 0 aromatic carbocycles. The molecule has 1 aromatic heterocycles. The Bertz CT molecular complexity index is 432. The van der Waals surface area contributed by atoms with Crippen LogP contribution in [0.4, 0.5) is 5.82 Å². The molecule has 19 heavy (non-hydrogen) atoms. The van der Waals surface area contributed by atoms with Crippen LogP contribution in [-0.2, 0) is 11.8 Å². The molecule has 1 aromatic rings. The topological polar surface area (TPSA) is 68.3 Å². The molecule has 0 atom stereocenters. The Kier molecular flexibility index (Phi) is 6.20. The van der Waals surface area contributed by atoms with Crippen LogP contribution in [0.15, 0.2) is 0 Å². The molecule has 0 radical (unpaired) electrons. The predicted octanol–water partition coefficient (Wildman–Crippen LogP) is 0.353. The van der Waals surface area contributed by atoms with Crippen LogP contribution in [0, 0.1) is 6.92 Å². The van der Waals surface area contributed by atoms with Crippen molar-refractivity contribution in [2.75, 3.05) is 45.7 Å². The molecule has 7 heteroatoms. The summed E-state index contributed by atoms with van der Waals surface area (Å²) in [6.45, 7) is 5.26. The Morgan fingerprint density at radius 1 is 1.53 bits per heavy atom. The van der Waals surface area contributed by atoms with Crippen LogP contribution in [0.1, 0.15) is 11.3 Å². The molecule has 0 amide bonds. The molecule has 0 spiro atoms. The number of hydrogen-bond donors (Lipinski definition) is 2. The van der Waals surface area contributed by atoms with Gasteiger partial charge in [-0.25, -0.2) is 0 Å². The monoisotopic (exact) mass is 285 g/mol. The van der Waals surface area contributed by atoms with Gasteiger partial charge in [0.1, 0.15) is 10.8 Å². The van der Waals surface area contributed by atoms with Gasteiger partial charge in [0.15, 0.2) is 0 Å². The average molecular weight is 285 g/mol. The van der Waals surface area contributed by atoms with Crippen molar-refractivity contribution in [3.8, 4) is 0 Å². The quantitative estimate of drug-likeness (QED) is 0.672. The standard InChI is InChI=1S/C12H23N5OS/c1-9-10(11(13)19)12(17(3)15-9)14-5-6-16(2)7-8-18-4/h14H,5-8H2,1-4H3,(H2,13,19). The summed E-state index contributed by atoms with van der Waals surface area (Å²) in [5.74, 6) is 0.880. The van der Waals surface area contributed by atoms with Crippen molar-refractivity contribution < 1.29 is 4.74 Å². The summed E-state index contributed by atoms with van der Waals surface area (Å²) in [7, 11) is 5.65. The summed E-state index contributed by atoms with van der Waals surface area (Å²) in [4.78, 5) is 2.57. The Balaban J connectivity index is 2.56. The zero-order chi connectivity index (χ0) is 14.4. The van der Waals surface area contributed by atoms with Crippen LogP contribution in [0.5, 0.6) is 0 Å². The fourth-order valence-electron chi connectivity index (χ4n) is 1.88. The molecular weight excluding hydrogens is 262 g/mol. The van der Waals surface area contributed by atoms with E-state index in [1.165, 1.54) is 0 Å². The first-order valence-corrected chi connectivity index (χ1v) is 6.63. The molecule has 0 aliphatic heterocycles. The fraction of sp³-hybridized carbons (Fsp3) is 0.667. The maximum absolute atomic E-state index is 5.74. The number of rotatable bonds is 8. The number of nitrogens with one attached hydrogen (secondary N) is 1. The van der Waals surface area contributed by atoms with Gasteiger partial charge in [-0.15, -0.1) is 0 Å². The predicted molar refractivity (Wildman–Crippen MR) is 81.7 cm³/mol. The van der Waals surface area contributed by atoms with Crippen molar-refractivity contribution in [2.45, 2.75) is 6.92 Å². The lowest BCUT2D eigenvalue weighted by Crippen LogP contribution is -2.29. The number of aryl methyl sites for hydroxylation is 2. The van der Waals surface area contributed by atoms with Crippen LogP contribution < -0.4 is 11.1 Å². The fourth-order valence-corrected chi connectivity index (χ4v) is 2.12. The normalized spacial score (nSPS) is 11.0. The van der Waals surface area contributed by atoms with Crippen LogP contribution in [0.3, 0.4) is 0 Å². The summed E-state index contributed by atoms with van der Waals surface area (Å²) < 4.78 is 6.82. The first kappa shape index (κ1) is 15.9.